The Kier molecular flexibility index (Phi) is 8.86. The number of hydrogen-bond acceptors (Lipinski definition) is 5. The predicted molar refractivity (Wildman–Crippen MR) is 105 cm³/mol. The van der Waals surface area contributed by atoms with Gasteiger partial charge in [-0.2, -0.15) is 10.2 Å². The van der Waals surface area contributed by atoms with Crippen molar-refractivity contribution < 1.29 is 19.5 Å². The lowest BCUT2D eigenvalue weighted by molar-refractivity contribution is -0.138. The zero-order valence-electron chi connectivity index (χ0n) is 16.9. The van der Waals surface area contributed by atoms with E-state index in [1.54, 1.807) is 22.5 Å². The molecule has 3 N–H and O–H groups in total. The maximum Gasteiger partial charge on any atom is 0.303 e. The minimum Gasteiger partial charge on any atom is -0.481 e. The molecule has 28 heavy (non-hydrogen) atoms. The molecule has 0 atom stereocenters. The van der Waals surface area contributed by atoms with Crippen molar-refractivity contribution in [2.75, 3.05) is 10.6 Å². The van der Waals surface area contributed by atoms with Gasteiger partial charge in [0.05, 0.1) is 6.42 Å². The van der Waals surface area contributed by atoms with Gasteiger partial charge < -0.3 is 15.7 Å². The zero-order valence-corrected chi connectivity index (χ0v) is 16.9. The summed E-state index contributed by atoms with van der Waals surface area (Å²) in [5, 5.41) is 21.8. The number of carbonyl (C=O) groups excluding carboxylic acids is 2. The van der Waals surface area contributed by atoms with Gasteiger partial charge in [-0.3, -0.25) is 23.7 Å². The molecule has 0 fully saturated rings. The molecule has 2 aromatic heterocycles. The molecule has 0 aliphatic rings. The first-order valence-electron chi connectivity index (χ1n) is 8.95. The normalized spacial score (nSPS) is 10.0. The Morgan fingerprint density at radius 3 is 1.64 bits per heavy atom. The molecule has 0 saturated heterocycles. The van der Waals surface area contributed by atoms with Gasteiger partial charge in [0, 0.05) is 50.5 Å². The number of aliphatic carboxylic acids is 1. The van der Waals surface area contributed by atoms with Crippen molar-refractivity contribution >= 4 is 29.4 Å². The molecule has 0 bridgehead atoms. The number of hydrogen-bond donors (Lipinski definition) is 3. The van der Waals surface area contributed by atoms with Gasteiger partial charge in [0.15, 0.2) is 11.6 Å². The number of aromatic nitrogens is 4. The molecular formula is C18H28N6O4. The van der Waals surface area contributed by atoms with Crippen molar-refractivity contribution in [3.05, 3.63) is 23.5 Å². The maximum absolute atomic E-state index is 11.2. The largest absolute Gasteiger partial charge is 0.481 e. The van der Waals surface area contributed by atoms with Crippen molar-refractivity contribution in [3.8, 4) is 0 Å². The molecule has 10 nitrogen and oxygen atoms in total. The summed E-state index contributed by atoms with van der Waals surface area (Å²) in [6.45, 7) is 5.78. The number of rotatable bonds is 7. The van der Waals surface area contributed by atoms with E-state index in [0.29, 0.717) is 18.1 Å². The summed E-state index contributed by atoms with van der Waals surface area (Å²) >= 11 is 0. The molecule has 154 valence electrons. The Hall–Kier alpha value is -3.17. The predicted octanol–water partition coefficient (Wildman–Crippen LogP) is 2.00. The SMILES string of the molecule is CCCC(=O)Nc1cc(C)n(C)n1.Cc1cc(NC(=O)CCC(=O)O)nn1C. The summed E-state index contributed by atoms with van der Waals surface area (Å²) in [4.78, 5) is 32.6. The highest BCUT2D eigenvalue weighted by molar-refractivity contribution is 5.91. The first-order chi connectivity index (χ1) is 13.1. The van der Waals surface area contributed by atoms with Crippen LogP contribution in [0.5, 0.6) is 0 Å². The number of anilines is 2. The van der Waals surface area contributed by atoms with E-state index in [-0.39, 0.29) is 24.7 Å². The molecule has 0 unspecified atom stereocenters. The smallest absolute Gasteiger partial charge is 0.303 e. The number of nitrogens with one attached hydrogen (secondary N) is 2. The van der Waals surface area contributed by atoms with Gasteiger partial charge in [0.25, 0.3) is 0 Å². The highest BCUT2D eigenvalue weighted by atomic mass is 16.4. The van der Waals surface area contributed by atoms with Crippen LogP contribution in [0.15, 0.2) is 12.1 Å². The van der Waals surface area contributed by atoms with Gasteiger partial charge in [0.1, 0.15) is 0 Å². The summed E-state index contributed by atoms with van der Waals surface area (Å²) < 4.78 is 3.37. The summed E-state index contributed by atoms with van der Waals surface area (Å²) in [5.74, 6) is -0.206. The van der Waals surface area contributed by atoms with Crippen LogP contribution in [0.2, 0.25) is 0 Å². The molecule has 0 radical (unpaired) electrons. The maximum atomic E-state index is 11.2. The molecule has 2 aromatic rings. The van der Waals surface area contributed by atoms with E-state index in [9.17, 15) is 14.4 Å². The number of carboxylic acid groups (broad SMARTS) is 1. The molecule has 0 aliphatic carbocycles. The number of nitrogens with zero attached hydrogens (tertiary/aromatic N) is 4. The third kappa shape index (κ3) is 8.02. The Balaban J connectivity index is 0.000000283. The lowest BCUT2D eigenvalue weighted by Crippen LogP contribution is -2.13. The van der Waals surface area contributed by atoms with Gasteiger partial charge in [-0.25, -0.2) is 0 Å². The van der Waals surface area contributed by atoms with Gasteiger partial charge in [-0.1, -0.05) is 6.92 Å². The lowest BCUT2D eigenvalue weighted by atomic mass is 10.3. The molecular weight excluding hydrogens is 364 g/mol. The number of carbonyl (C=O) groups is 3. The van der Waals surface area contributed by atoms with Crippen LogP contribution in [-0.4, -0.2) is 42.5 Å². The molecule has 2 heterocycles. The molecule has 2 amide bonds. The van der Waals surface area contributed by atoms with Crippen molar-refractivity contribution in [1.82, 2.24) is 19.6 Å². The van der Waals surface area contributed by atoms with Crippen LogP contribution in [-0.2, 0) is 28.5 Å². The Labute approximate surface area is 163 Å². The van der Waals surface area contributed by atoms with E-state index in [1.165, 1.54) is 0 Å². The summed E-state index contributed by atoms with van der Waals surface area (Å²) in [5.41, 5.74) is 1.95. The molecule has 0 saturated carbocycles. The molecule has 2 rings (SSSR count). The van der Waals surface area contributed by atoms with Crippen molar-refractivity contribution in [1.29, 1.82) is 0 Å². The van der Waals surface area contributed by atoms with E-state index in [0.717, 1.165) is 17.8 Å². The van der Waals surface area contributed by atoms with Gasteiger partial charge in [-0.15, -0.1) is 0 Å². The minimum atomic E-state index is -0.984. The fourth-order valence-corrected chi connectivity index (χ4v) is 2.10. The van der Waals surface area contributed by atoms with Crippen LogP contribution in [0.25, 0.3) is 0 Å². The average Bonchev–Trinajstić information content (AvgIpc) is 3.07. The minimum absolute atomic E-state index is 0.0283. The van der Waals surface area contributed by atoms with Crippen molar-refractivity contribution in [2.45, 2.75) is 46.5 Å². The number of aryl methyl sites for hydroxylation is 4. The van der Waals surface area contributed by atoms with Crippen LogP contribution in [0, 0.1) is 13.8 Å². The van der Waals surface area contributed by atoms with Crippen molar-refractivity contribution in [2.24, 2.45) is 14.1 Å². The van der Waals surface area contributed by atoms with Crippen molar-refractivity contribution in [3.63, 3.8) is 0 Å². The highest BCUT2D eigenvalue weighted by Gasteiger charge is 2.08. The second kappa shape index (κ2) is 10.9. The first kappa shape index (κ1) is 22.9. The van der Waals surface area contributed by atoms with Gasteiger partial charge >= 0.3 is 5.97 Å². The Bertz CT molecular complexity index is 785. The Morgan fingerprint density at radius 1 is 0.893 bits per heavy atom. The lowest BCUT2D eigenvalue weighted by Gasteiger charge is -1.98. The second-order valence-corrected chi connectivity index (χ2v) is 6.33. The van der Waals surface area contributed by atoms with E-state index in [1.807, 2.05) is 33.9 Å². The van der Waals surface area contributed by atoms with Gasteiger partial charge in [0.2, 0.25) is 11.8 Å². The van der Waals surface area contributed by atoms with E-state index in [2.05, 4.69) is 20.8 Å². The van der Waals surface area contributed by atoms with Crippen LogP contribution < -0.4 is 10.6 Å². The zero-order chi connectivity index (χ0) is 21.3. The molecule has 0 aliphatic heterocycles. The first-order valence-corrected chi connectivity index (χ1v) is 8.95. The third-order valence-electron chi connectivity index (χ3n) is 3.81. The van der Waals surface area contributed by atoms with E-state index < -0.39 is 5.97 Å². The summed E-state index contributed by atoms with van der Waals surface area (Å²) in [6.07, 6.45) is 1.20. The second-order valence-electron chi connectivity index (χ2n) is 6.33. The summed E-state index contributed by atoms with van der Waals surface area (Å²) in [7, 11) is 3.62. The quantitative estimate of drug-likeness (QED) is 0.660. The molecule has 0 aromatic carbocycles. The third-order valence-corrected chi connectivity index (χ3v) is 3.81. The topological polar surface area (TPSA) is 131 Å². The molecule has 10 heteroatoms. The van der Waals surface area contributed by atoms with E-state index >= 15 is 0 Å². The fourth-order valence-electron chi connectivity index (χ4n) is 2.10. The highest BCUT2D eigenvalue weighted by Crippen LogP contribution is 2.08. The monoisotopic (exact) mass is 392 g/mol. The molecule has 0 spiro atoms. The van der Waals surface area contributed by atoms with Crippen LogP contribution in [0.4, 0.5) is 11.6 Å². The van der Waals surface area contributed by atoms with Crippen LogP contribution in [0.1, 0.15) is 44.0 Å². The van der Waals surface area contributed by atoms with Crippen LogP contribution >= 0.6 is 0 Å². The standard InChI is InChI=1S/C9H13N3O3.C9H15N3O/c1-6-5-7(11-12(6)2)10-8(13)3-4-9(14)15;1-4-5-9(13)10-8-6-7(2)12(3)11-8/h5H,3-4H2,1-2H3,(H,14,15)(H,10,11,13);6H,4-5H2,1-3H3,(H,10,11,13). The average molecular weight is 392 g/mol. The fraction of sp³-hybridized carbons (Fsp3) is 0.500. The van der Waals surface area contributed by atoms with E-state index in [4.69, 9.17) is 5.11 Å². The van der Waals surface area contributed by atoms with Crippen LogP contribution in [0.3, 0.4) is 0 Å². The number of amides is 2. The summed E-state index contributed by atoms with van der Waals surface area (Å²) in [6, 6.07) is 3.58. The number of carboxylic acids is 1. The Morgan fingerprint density at radius 2 is 1.32 bits per heavy atom. The van der Waals surface area contributed by atoms with Gasteiger partial charge in [-0.05, 0) is 20.3 Å².